The summed E-state index contributed by atoms with van der Waals surface area (Å²) in [5.74, 6) is 1.39. The first-order valence-corrected chi connectivity index (χ1v) is 11.4. The van der Waals surface area contributed by atoms with Crippen molar-refractivity contribution in [1.82, 2.24) is 14.7 Å². The first kappa shape index (κ1) is 22.4. The maximum Gasteiger partial charge on any atom is 0.227 e. The Morgan fingerprint density at radius 3 is 2.62 bits per heavy atom. The maximum absolute atomic E-state index is 12.8. The zero-order valence-corrected chi connectivity index (χ0v) is 19.2. The van der Waals surface area contributed by atoms with Gasteiger partial charge in [0.05, 0.1) is 29.6 Å². The van der Waals surface area contributed by atoms with Crippen LogP contribution >= 0.6 is 11.6 Å². The number of halogens is 1. The Kier molecular flexibility index (Phi) is 7.12. The Morgan fingerprint density at radius 1 is 1.22 bits per heavy atom. The lowest BCUT2D eigenvalue weighted by atomic mass is 10.2. The molecule has 0 saturated carbocycles. The van der Waals surface area contributed by atoms with Gasteiger partial charge in [-0.25, -0.2) is 4.68 Å². The van der Waals surface area contributed by atoms with Gasteiger partial charge in [0, 0.05) is 24.6 Å². The van der Waals surface area contributed by atoms with Crippen molar-refractivity contribution in [2.24, 2.45) is 0 Å². The summed E-state index contributed by atoms with van der Waals surface area (Å²) in [5.41, 5.74) is 2.53. The van der Waals surface area contributed by atoms with Crippen LogP contribution in [0.2, 0.25) is 5.02 Å². The number of hydrogen-bond acceptors (Lipinski definition) is 4. The number of carbonyl (C=O) groups is 1. The average Bonchev–Trinajstić information content (AvgIpc) is 3.43. The molecule has 0 aliphatic carbocycles. The second-order valence-electron chi connectivity index (χ2n) is 7.94. The molecule has 1 atom stereocenters. The molecule has 4 rings (SSSR count). The maximum atomic E-state index is 12.8. The van der Waals surface area contributed by atoms with Crippen molar-refractivity contribution in [1.29, 1.82) is 0 Å². The predicted molar refractivity (Wildman–Crippen MR) is 125 cm³/mol. The number of amides is 1. The van der Waals surface area contributed by atoms with E-state index in [4.69, 9.17) is 26.2 Å². The third-order valence-electron chi connectivity index (χ3n) is 5.62. The van der Waals surface area contributed by atoms with Crippen molar-refractivity contribution >= 4 is 17.5 Å². The van der Waals surface area contributed by atoms with Crippen LogP contribution in [0.25, 0.3) is 5.69 Å². The summed E-state index contributed by atoms with van der Waals surface area (Å²) < 4.78 is 13.9. The molecule has 7 heteroatoms. The quantitative estimate of drug-likeness (QED) is 0.449. The first-order chi connectivity index (χ1) is 15.5. The minimum atomic E-state index is 0.0793. The Morgan fingerprint density at radius 2 is 1.97 bits per heavy atom. The lowest BCUT2D eigenvalue weighted by Crippen LogP contribution is -2.36. The minimum absolute atomic E-state index is 0.0793. The predicted octanol–water partition coefficient (Wildman–Crippen LogP) is 5.54. The molecule has 0 N–H and O–H groups in total. The topological polar surface area (TPSA) is 56.6 Å². The Bertz CT molecular complexity index is 1040. The van der Waals surface area contributed by atoms with Crippen LogP contribution in [0.15, 0.2) is 54.6 Å². The molecular formula is C25H28ClN3O3. The van der Waals surface area contributed by atoms with E-state index in [1.807, 2.05) is 73.3 Å². The molecule has 0 radical (unpaired) electrons. The number of para-hydroxylation sites is 1. The van der Waals surface area contributed by atoms with Gasteiger partial charge in [-0.3, -0.25) is 4.79 Å². The van der Waals surface area contributed by atoms with Crippen molar-refractivity contribution < 1.29 is 14.3 Å². The van der Waals surface area contributed by atoms with Gasteiger partial charge < -0.3 is 14.4 Å². The first-order valence-electron chi connectivity index (χ1n) is 11.0. The van der Waals surface area contributed by atoms with Crippen molar-refractivity contribution in [3.05, 3.63) is 70.9 Å². The molecule has 6 nitrogen and oxygen atoms in total. The highest BCUT2D eigenvalue weighted by atomic mass is 35.5. The van der Waals surface area contributed by atoms with E-state index in [-0.39, 0.29) is 12.0 Å². The molecule has 2 heterocycles. The number of rotatable bonds is 8. The summed E-state index contributed by atoms with van der Waals surface area (Å²) >= 11 is 6.09. The summed E-state index contributed by atoms with van der Waals surface area (Å²) in [6.07, 6.45) is 2.53. The second-order valence-corrected chi connectivity index (χ2v) is 8.37. The highest BCUT2D eigenvalue weighted by Gasteiger charge is 2.26. The van der Waals surface area contributed by atoms with E-state index in [0.717, 1.165) is 36.4 Å². The van der Waals surface area contributed by atoms with E-state index >= 15 is 0 Å². The largest absolute Gasteiger partial charge is 0.439 e. The van der Waals surface area contributed by atoms with Crippen LogP contribution < -0.4 is 4.74 Å². The molecule has 0 spiro atoms. The van der Waals surface area contributed by atoms with Crippen LogP contribution in [0.3, 0.4) is 0 Å². The Labute approximate surface area is 193 Å². The van der Waals surface area contributed by atoms with E-state index < -0.39 is 0 Å². The molecule has 0 unspecified atom stereocenters. The molecule has 1 aliphatic rings. The smallest absolute Gasteiger partial charge is 0.227 e. The molecule has 1 aliphatic heterocycles. The zero-order valence-electron chi connectivity index (χ0n) is 18.5. The van der Waals surface area contributed by atoms with Crippen molar-refractivity contribution in [3.63, 3.8) is 0 Å². The van der Waals surface area contributed by atoms with Gasteiger partial charge in [-0.2, -0.15) is 5.10 Å². The van der Waals surface area contributed by atoms with Gasteiger partial charge in [-0.15, -0.1) is 0 Å². The second kappa shape index (κ2) is 10.2. The molecule has 3 aromatic rings. The third-order valence-corrected chi connectivity index (χ3v) is 5.87. The lowest BCUT2D eigenvalue weighted by molar-refractivity contribution is -0.133. The van der Waals surface area contributed by atoms with E-state index in [0.29, 0.717) is 36.2 Å². The fraction of sp³-hybridized carbons (Fsp3) is 0.360. The molecule has 0 bridgehead atoms. The van der Waals surface area contributed by atoms with Gasteiger partial charge in [0.1, 0.15) is 5.75 Å². The summed E-state index contributed by atoms with van der Waals surface area (Å²) in [5, 5.41) is 5.41. The van der Waals surface area contributed by atoms with Crippen LogP contribution in [0.1, 0.15) is 37.4 Å². The minimum Gasteiger partial charge on any atom is -0.439 e. The Hall–Kier alpha value is -2.83. The van der Waals surface area contributed by atoms with Gasteiger partial charge in [-0.05, 0) is 56.2 Å². The molecule has 32 heavy (non-hydrogen) atoms. The van der Waals surface area contributed by atoms with E-state index in [2.05, 4.69) is 0 Å². The van der Waals surface area contributed by atoms with Crippen molar-refractivity contribution in [3.8, 4) is 17.3 Å². The van der Waals surface area contributed by atoms with Crippen LogP contribution in [0.5, 0.6) is 11.6 Å². The van der Waals surface area contributed by atoms with Gasteiger partial charge in [0.2, 0.25) is 11.8 Å². The standard InChI is InChI=1S/C25H28ClN3O3/c1-3-24(30)28(16-22-10-7-15-31-22)17-23-18(2)27-29(20-13-11-19(26)12-14-20)25(23)32-21-8-5-4-6-9-21/h4-6,8-9,11-14,22H,3,7,10,15-17H2,1-2H3/t22-/m1/s1. The molecule has 1 amide bonds. The van der Waals surface area contributed by atoms with E-state index in [1.54, 1.807) is 4.68 Å². The molecule has 1 saturated heterocycles. The molecule has 168 valence electrons. The SMILES string of the molecule is CCC(=O)N(Cc1c(C)nn(-c2ccc(Cl)cc2)c1Oc1ccccc1)C[C@H]1CCCO1. The number of ether oxygens (including phenoxy) is 2. The van der Waals surface area contributed by atoms with Crippen molar-refractivity contribution in [2.75, 3.05) is 13.2 Å². The molecule has 1 aromatic heterocycles. The van der Waals surface area contributed by atoms with E-state index in [9.17, 15) is 4.79 Å². The number of aromatic nitrogens is 2. The normalized spacial score (nSPS) is 15.7. The van der Waals surface area contributed by atoms with Gasteiger partial charge >= 0.3 is 0 Å². The van der Waals surface area contributed by atoms with Crippen LogP contribution in [-0.2, 0) is 16.1 Å². The van der Waals surface area contributed by atoms with Crippen LogP contribution in [-0.4, -0.2) is 39.8 Å². The van der Waals surface area contributed by atoms with Gasteiger partial charge in [0.15, 0.2) is 0 Å². The summed E-state index contributed by atoms with van der Waals surface area (Å²) in [6.45, 7) is 5.57. The summed E-state index contributed by atoms with van der Waals surface area (Å²) in [4.78, 5) is 14.7. The summed E-state index contributed by atoms with van der Waals surface area (Å²) in [7, 11) is 0. The highest BCUT2D eigenvalue weighted by Crippen LogP contribution is 2.32. The zero-order chi connectivity index (χ0) is 22.5. The number of nitrogens with zero attached hydrogens (tertiary/aromatic N) is 3. The number of hydrogen-bond donors (Lipinski definition) is 0. The number of aryl methyl sites for hydroxylation is 1. The van der Waals surface area contributed by atoms with E-state index in [1.165, 1.54) is 0 Å². The van der Waals surface area contributed by atoms with Crippen LogP contribution in [0, 0.1) is 6.92 Å². The molecular weight excluding hydrogens is 426 g/mol. The third kappa shape index (κ3) is 5.14. The monoisotopic (exact) mass is 453 g/mol. The Balaban J connectivity index is 1.72. The summed E-state index contributed by atoms with van der Waals surface area (Å²) in [6, 6.07) is 17.0. The molecule has 1 fully saturated rings. The van der Waals surface area contributed by atoms with Gasteiger partial charge in [-0.1, -0.05) is 36.7 Å². The van der Waals surface area contributed by atoms with Crippen LogP contribution in [0.4, 0.5) is 0 Å². The highest BCUT2D eigenvalue weighted by molar-refractivity contribution is 6.30. The lowest BCUT2D eigenvalue weighted by Gasteiger charge is -2.25. The fourth-order valence-corrected chi connectivity index (χ4v) is 4.01. The fourth-order valence-electron chi connectivity index (χ4n) is 3.89. The van der Waals surface area contributed by atoms with Crippen molar-refractivity contribution in [2.45, 2.75) is 45.8 Å². The molecule has 2 aromatic carbocycles. The average molecular weight is 454 g/mol. The van der Waals surface area contributed by atoms with Gasteiger partial charge in [0.25, 0.3) is 0 Å². The number of carbonyl (C=O) groups excluding carboxylic acids is 1. The number of benzene rings is 2.